The molecule has 7 nitrogen and oxygen atoms in total. The van der Waals surface area contributed by atoms with Gasteiger partial charge < -0.3 is 26.0 Å². The number of hydrogen-bond donors (Lipinski definition) is 2. The maximum atomic E-state index is 11.9. The van der Waals surface area contributed by atoms with Crippen LogP contribution in [-0.2, 0) is 9.53 Å². The third-order valence-electron chi connectivity index (χ3n) is 5.31. The van der Waals surface area contributed by atoms with Gasteiger partial charge in [0.2, 0.25) is 5.91 Å². The lowest BCUT2D eigenvalue weighted by Gasteiger charge is -2.37. The van der Waals surface area contributed by atoms with Gasteiger partial charge in [0, 0.05) is 50.1 Å². The largest absolute Gasteiger partial charge is 0.381 e. The number of primary amides is 1. The Balaban J connectivity index is 0.00000261. The number of halogens is 2. The summed E-state index contributed by atoms with van der Waals surface area (Å²) in [5.41, 5.74) is 12.3. The van der Waals surface area contributed by atoms with E-state index in [9.17, 15) is 4.79 Å². The van der Waals surface area contributed by atoms with Gasteiger partial charge in [0.05, 0.1) is 12.0 Å². The number of rotatable bonds is 4. The fraction of sp³-hybridized carbons (Fsp3) is 0.556. The van der Waals surface area contributed by atoms with Crippen LogP contribution < -0.4 is 16.4 Å². The Morgan fingerprint density at radius 1 is 1.11 bits per heavy atom. The Hall–Kier alpha value is -1.26. The molecule has 4 N–H and O–H groups in total. The van der Waals surface area contributed by atoms with Gasteiger partial charge in [0.25, 0.3) is 0 Å². The molecule has 3 rings (SSSR count). The van der Waals surface area contributed by atoms with Crippen molar-refractivity contribution in [3.8, 4) is 0 Å². The lowest BCUT2D eigenvalue weighted by Crippen LogP contribution is -2.52. The number of nitrogens with two attached hydrogens (primary N) is 2. The van der Waals surface area contributed by atoms with E-state index in [0.717, 1.165) is 36.9 Å². The van der Waals surface area contributed by atoms with Crippen LogP contribution in [0.15, 0.2) is 29.3 Å². The zero-order valence-electron chi connectivity index (χ0n) is 15.3. The average molecular weight is 508 g/mol. The third-order valence-corrected chi connectivity index (χ3v) is 5.56. The van der Waals surface area contributed by atoms with E-state index in [1.165, 1.54) is 0 Å². The summed E-state index contributed by atoms with van der Waals surface area (Å²) >= 11 is 5.95. The van der Waals surface area contributed by atoms with E-state index in [1.54, 1.807) is 0 Å². The Morgan fingerprint density at radius 2 is 1.70 bits per heavy atom. The van der Waals surface area contributed by atoms with Crippen molar-refractivity contribution in [3.05, 3.63) is 29.3 Å². The highest BCUT2D eigenvalue weighted by atomic mass is 127. The van der Waals surface area contributed by atoms with Gasteiger partial charge in [0.1, 0.15) is 0 Å². The van der Waals surface area contributed by atoms with Crippen molar-refractivity contribution in [2.45, 2.75) is 12.8 Å². The van der Waals surface area contributed by atoms with E-state index in [1.807, 2.05) is 24.3 Å². The number of anilines is 1. The molecular weight excluding hydrogens is 481 g/mol. The van der Waals surface area contributed by atoms with Gasteiger partial charge in [-0.1, -0.05) is 11.6 Å². The number of aliphatic imine (C=N–C) groups is 1. The summed E-state index contributed by atoms with van der Waals surface area (Å²) in [6.07, 6.45) is 1.20. The second-order valence-electron chi connectivity index (χ2n) is 6.88. The fourth-order valence-electron chi connectivity index (χ4n) is 3.42. The average Bonchev–Trinajstić information content (AvgIpc) is 2.67. The summed E-state index contributed by atoms with van der Waals surface area (Å²) in [7, 11) is 0. The predicted octanol–water partition coefficient (Wildman–Crippen LogP) is 1.68. The second-order valence-corrected chi connectivity index (χ2v) is 7.32. The standard InChI is InChI=1S/C18H26ClN5O2.HI/c19-14-1-3-15(4-2-14)23-7-9-24(10-8-23)17(21)22-13-18(16(20)25)5-11-26-12-6-18;/h1-4H,5-13H2,(H2,20,25)(H2,21,22);1H. The molecule has 0 bridgehead atoms. The van der Waals surface area contributed by atoms with E-state index in [4.69, 9.17) is 27.8 Å². The second kappa shape index (κ2) is 9.79. The minimum Gasteiger partial charge on any atom is -0.381 e. The summed E-state index contributed by atoms with van der Waals surface area (Å²) in [4.78, 5) is 20.8. The number of piperazine rings is 1. The van der Waals surface area contributed by atoms with Gasteiger partial charge in [-0.25, -0.2) is 0 Å². The summed E-state index contributed by atoms with van der Waals surface area (Å²) in [5, 5.41) is 0.736. The number of guanidine groups is 1. The SMILES string of the molecule is I.NC(=O)C1(CN=C(N)N2CCN(c3ccc(Cl)cc3)CC2)CCOCC1. The zero-order chi connectivity index (χ0) is 18.6. The van der Waals surface area contributed by atoms with Crippen molar-refractivity contribution in [1.82, 2.24) is 4.90 Å². The first-order valence-corrected chi connectivity index (χ1v) is 9.31. The quantitative estimate of drug-likeness (QED) is 0.367. The van der Waals surface area contributed by atoms with Crippen LogP contribution in [-0.4, -0.2) is 62.7 Å². The van der Waals surface area contributed by atoms with Crippen molar-refractivity contribution < 1.29 is 9.53 Å². The lowest BCUT2D eigenvalue weighted by molar-refractivity contribution is -0.132. The molecule has 0 aromatic heterocycles. The fourth-order valence-corrected chi connectivity index (χ4v) is 3.55. The molecule has 2 heterocycles. The molecule has 0 spiro atoms. The maximum Gasteiger partial charge on any atom is 0.225 e. The minimum atomic E-state index is -0.631. The van der Waals surface area contributed by atoms with Gasteiger partial charge in [-0.05, 0) is 37.1 Å². The Kier molecular flexibility index (Phi) is 7.99. The maximum absolute atomic E-state index is 11.9. The first-order chi connectivity index (χ1) is 12.5. The van der Waals surface area contributed by atoms with E-state index in [0.29, 0.717) is 38.6 Å². The topological polar surface area (TPSA) is 97.2 Å². The van der Waals surface area contributed by atoms with Crippen molar-refractivity contribution in [3.63, 3.8) is 0 Å². The van der Waals surface area contributed by atoms with Crippen molar-refractivity contribution in [2.75, 3.05) is 50.8 Å². The summed E-state index contributed by atoms with van der Waals surface area (Å²) in [5.74, 6) is 0.165. The van der Waals surface area contributed by atoms with Crippen molar-refractivity contribution in [2.24, 2.45) is 21.9 Å². The van der Waals surface area contributed by atoms with E-state index in [2.05, 4.69) is 14.8 Å². The number of ether oxygens (including phenoxy) is 1. The Bertz CT molecular complexity index is 656. The van der Waals surface area contributed by atoms with Crippen molar-refractivity contribution in [1.29, 1.82) is 0 Å². The Morgan fingerprint density at radius 3 is 2.26 bits per heavy atom. The summed E-state index contributed by atoms with van der Waals surface area (Å²) in [6.45, 7) is 4.68. The van der Waals surface area contributed by atoms with Crippen LogP contribution in [0.25, 0.3) is 0 Å². The highest BCUT2D eigenvalue weighted by Gasteiger charge is 2.38. The number of nitrogens with zero attached hydrogens (tertiary/aromatic N) is 3. The zero-order valence-corrected chi connectivity index (χ0v) is 18.4. The van der Waals surface area contributed by atoms with Crippen LogP contribution >= 0.6 is 35.6 Å². The summed E-state index contributed by atoms with van der Waals surface area (Å²) < 4.78 is 5.35. The van der Waals surface area contributed by atoms with E-state index >= 15 is 0 Å². The predicted molar refractivity (Wildman–Crippen MR) is 119 cm³/mol. The van der Waals surface area contributed by atoms with Gasteiger partial charge in [-0.2, -0.15) is 0 Å². The number of carbonyl (C=O) groups is 1. The van der Waals surface area contributed by atoms with Crippen LogP contribution in [0.3, 0.4) is 0 Å². The molecule has 2 saturated heterocycles. The van der Waals surface area contributed by atoms with Gasteiger partial charge in [0.15, 0.2) is 5.96 Å². The molecule has 1 amide bonds. The molecule has 0 atom stereocenters. The molecule has 2 fully saturated rings. The molecule has 27 heavy (non-hydrogen) atoms. The normalized spacial score (nSPS) is 20.1. The third kappa shape index (κ3) is 5.39. The highest BCUT2D eigenvalue weighted by molar-refractivity contribution is 14.0. The molecule has 0 saturated carbocycles. The molecule has 2 aliphatic heterocycles. The van der Waals surface area contributed by atoms with Gasteiger partial charge in [-0.15, -0.1) is 24.0 Å². The minimum absolute atomic E-state index is 0. The number of hydrogen-bond acceptors (Lipinski definition) is 4. The van der Waals surface area contributed by atoms with Gasteiger partial charge in [-0.3, -0.25) is 9.79 Å². The Labute approximate surface area is 182 Å². The molecular formula is C18H27ClIN5O2. The number of carbonyl (C=O) groups excluding carboxylic acids is 1. The first kappa shape index (κ1) is 22.0. The van der Waals surface area contributed by atoms with E-state index < -0.39 is 5.41 Å². The smallest absolute Gasteiger partial charge is 0.225 e. The first-order valence-electron chi connectivity index (χ1n) is 8.93. The molecule has 0 radical (unpaired) electrons. The molecule has 0 aliphatic carbocycles. The number of amides is 1. The molecule has 9 heteroatoms. The molecule has 0 unspecified atom stereocenters. The lowest BCUT2D eigenvalue weighted by atomic mass is 9.79. The van der Waals surface area contributed by atoms with E-state index in [-0.39, 0.29) is 29.9 Å². The van der Waals surface area contributed by atoms with Crippen LogP contribution in [0.1, 0.15) is 12.8 Å². The highest BCUT2D eigenvalue weighted by Crippen LogP contribution is 2.30. The molecule has 2 aliphatic rings. The van der Waals surface area contributed by atoms with Crippen LogP contribution in [0.5, 0.6) is 0 Å². The van der Waals surface area contributed by atoms with Crippen LogP contribution in [0.2, 0.25) is 5.02 Å². The van der Waals surface area contributed by atoms with Crippen LogP contribution in [0.4, 0.5) is 5.69 Å². The molecule has 150 valence electrons. The van der Waals surface area contributed by atoms with Gasteiger partial charge >= 0.3 is 0 Å². The van der Waals surface area contributed by atoms with Crippen LogP contribution in [0, 0.1) is 5.41 Å². The molecule has 1 aromatic carbocycles. The molecule has 1 aromatic rings. The van der Waals surface area contributed by atoms with Crippen molar-refractivity contribution >= 4 is 53.1 Å². The number of benzene rings is 1. The summed E-state index contributed by atoms with van der Waals surface area (Å²) in [6, 6.07) is 7.85. The monoisotopic (exact) mass is 507 g/mol.